The van der Waals surface area contributed by atoms with E-state index in [1.54, 1.807) is 4.90 Å². The molecule has 1 aliphatic heterocycles. The van der Waals surface area contributed by atoms with Crippen molar-refractivity contribution < 1.29 is 9.18 Å². The molecule has 2 N–H and O–H groups in total. The van der Waals surface area contributed by atoms with Gasteiger partial charge in [-0.05, 0) is 29.2 Å². The fourth-order valence-electron chi connectivity index (χ4n) is 3.06. The highest BCUT2D eigenvalue weighted by Gasteiger charge is 2.26. The number of alkyl halides is 1. The maximum absolute atomic E-state index is 13.0. The van der Waals surface area contributed by atoms with E-state index in [1.807, 2.05) is 48.5 Å². The molecule has 1 amide bonds. The number of hydrogen-bond donors (Lipinski definition) is 1. The van der Waals surface area contributed by atoms with Gasteiger partial charge in [-0.25, -0.2) is 0 Å². The molecule has 120 valence electrons. The highest BCUT2D eigenvalue weighted by Crippen LogP contribution is 2.24. The van der Waals surface area contributed by atoms with Gasteiger partial charge in [-0.1, -0.05) is 42.5 Å². The van der Waals surface area contributed by atoms with Crippen LogP contribution >= 0.6 is 0 Å². The molecule has 1 heterocycles. The van der Waals surface area contributed by atoms with Crippen molar-refractivity contribution in [3.63, 3.8) is 0 Å². The summed E-state index contributed by atoms with van der Waals surface area (Å²) in [5.74, 6) is -0.0407. The first-order valence-electron chi connectivity index (χ1n) is 7.98. The summed E-state index contributed by atoms with van der Waals surface area (Å²) in [5, 5.41) is 0. The summed E-state index contributed by atoms with van der Waals surface area (Å²) < 4.78 is 13.0. The number of nitrogens with zero attached hydrogens (tertiary/aromatic N) is 1. The predicted octanol–water partition coefficient (Wildman–Crippen LogP) is 3.04. The third kappa shape index (κ3) is 3.42. The number of aryl methyl sites for hydroxylation is 1. The topological polar surface area (TPSA) is 46.3 Å². The van der Waals surface area contributed by atoms with E-state index in [1.165, 1.54) is 0 Å². The molecule has 0 unspecified atom stereocenters. The summed E-state index contributed by atoms with van der Waals surface area (Å²) in [4.78, 5) is 14.5. The van der Waals surface area contributed by atoms with Crippen molar-refractivity contribution in [3.05, 3.63) is 59.7 Å². The Morgan fingerprint density at radius 3 is 2.61 bits per heavy atom. The average Bonchev–Trinajstić information content (AvgIpc) is 3.02. The molecule has 0 radical (unpaired) electrons. The molecule has 23 heavy (non-hydrogen) atoms. The Hall–Kier alpha value is -2.20. The van der Waals surface area contributed by atoms with Gasteiger partial charge >= 0.3 is 0 Å². The summed E-state index contributed by atoms with van der Waals surface area (Å²) in [5.41, 5.74) is 9.31. The third-order valence-corrected chi connectivity index (χ3v) is 4.32. The lowest BCUT2D eigenvalue weighted by molar-refractivity contribution is 0.0789. The van der Waals surface area contributed by atoms with Gasteiger partial charge in [0.2, 0.25) is 0 Å². The second kappa shape index (κ2) is 6.92. The zero-order valence-corrected chi connectivity index (χ0v) is 13.0. The first-order valence-corrected chi connectivity index (χ1v) is 7.98. The van der Waals surface area contributed by atoms with Crippen molar-refractivity contribution >= 4 is 5.91 Å². The minimum atomic E-state index is -0.474. The second-order valence-electron chi connectivity index (χ2n) is 5.98. The van der Waals surface area contributed by atoms with Crippen LogP contribution in [0.15, 0.2) is 48.5 Å². The minimum absolute atomic E-state index is 0.0407. The lowest BCUT2D eigenvalue weighted by atomic mass is 9.97. The highest BCUT2D eigenvalue weighted by molar-refractivity contribution is 5.96. The monoisotopic (exact) mass is 312 g/mol. The SMILES string of the molecule is N[C@H]1CCN(C(=O)c2ccc(-c3ccccc3)cc2CCF)C1. The molecule has 0 saturated carbocycles. The molecule has 0 spiro atoms. The summed E-state index contributed by atoms with van der Waals surface area (Å²) >= 11 is 0. The molecule has 3 nitrogen and oxygen atoms in total. The van der Waals surface area contributed by atoms with Crippen LogP contribution in [0.25, 0.3) is 11.1 Å². The summed E-state index contributed by atoms with van der Waals surface area (Å²) in [6.45, 7) is 0.780. The van der Waals surface area contributed by atoms with Crippen LogP contribution < -0.4 is 5.73 Å². The van der Waals surface area contributed by atoms with Gasteiger partial charge < -0.3 is 10.6 Å². The van der Waals surface area contributed by atoms with Gasteiger partial charge in [0, 0.05) is 31.1 Å². The summed E-state index contributed by atoms with van der Waals surface area (Å²) in [6.07, 6.45) is 1.08. The van der Waals surface area contributed by atoms with Crippen LogP contribution in [-0.4, -0.2) is 36.6 Å². The van der Waals surface area contributed by atoms with Crippen molar-refractivity contribution in [3.8, 4) is 11.1 Å². The summed E-state index contributed by atoms with van der Waals surface area (Å²) in [6, 6.07) is 15.6. The lowest BCUT2D eigenvalue weighted by Crippen LogP contribution is -2.32. The van der Waals surface area contributed by atoms with Crippen molar-refractivity contribution in [2.24, 2.45) is 5.73 Å². The maximum atomic E-state index is 13.0. The molecule has 4 heteroatoms. The Labute approximate surface area is 135 Å². The van der Waals surface area contributed by atoms with Crippen LogP contribution in [0.1, 0.15) is 22.3 Å². The van der Waals surface area contributed by atoms with E-state index < -0.39 is 6.67 Å². The van der Waals surface area contributed by atoms with Gasteiger partial charge in [-0.2, -0.15) is 0 Å². The number of nitrogens with two attached hydrogens (primary N) is 1. The fourth-order valence-corrected chi connectivity index (χ4v) is 3.06. The van der Waals surface area contributed by atoms with Gasteiger partial charge in [0.15, 0.2) is 0 Å². The number of amides is 1. The molecule has 0 aromatic heterocycles. The molecular weight excluding hydrogens is 291 g/mol. The zero-order chi connectivity index (χ0) is 16.2. The fraction of sp³-hybridized carbons (Fsp3) is 0.316. The first kappa shape index (κ1) is 15.7. The molecular formula is C19H21FN2O. The second-order valence-corrected chi connectivity index (χ2v) is 5.98. The normalized spacial score (nSPS) is 17.5. The molecule has 1 fully saturated rings. The Kier molecular flexibility index (Phi) is 4.72. The molecule has 1 atom stereocenters. The third-order valence-electron chi connectivity index (χ3n) is 4.32. The van der Waals surface area contributed by atoms with E-state index in [9.17, 15) is 9.18 Å². The van der Waals surface area contributed by atoms with Crippen molar-refractivity contribution in [1.29, 1.82) is 0 Å². The highest BCUT2D eigenvalue weighted by atomic mass is 19.1. The van der Waals surface area contributed by atoms with Gasteiger partial charge in [-0.3, -0.25) is 9.18 Å². The quantitative estimate of drug-likeness (QED) is 0.943. The molecule has 0 aliphatic carbocycles. The maximum Gasteiger partial charge on any atom is 0.254 e. The standard InChI is InChI=1S/C19H21FN2O/c20-10-8-16-12-15(14-4-2-1-3-5-14)6-7-18(16)19(23)22-11-9-17(21)13-22/h1-7,12,17H,8-11,13,21H2/t17-/m0/s1. The van der Waals surface area contributed by atoms with Gasteiger partial charge in [0.1, 0.15) is 0 Å². The zero-order valence-electron chi connectivity index (χ0n) is 13.0. The largest absolute Gasteiger partial charge is 0.337 e. The van der Waals surface area contributed by atoms with E-state index in [-0.39, 0.29) is 18.4 Å². The molecule has 3 rings (SSSR count). The van der Waals surface area contributed by atoms with Crippen LogP contribution in [0.5, 0.6) is 0 Å². The van der Waals surface area contributed by atoms with Crippen LogP contribution in [0.2, 0.25) is 0 Å². The number of carbonyl (C=O) groups is 1. The molecule has 2 aromatic rings. The molecule has 2 aromatic carbocycles. The molecule has 1 saturated heterocycles. The van der Waals surface area contributed by atoms with Gasteiger partial charge in [0.05, 0.1) is 6.67 Å². The van der Waals surface area contributed by atoms with Gasteiger partial charge in [-0.15, -0.1) is 0 Å². The van der Waals surface area contributed by atoms with Crippen LogP contribution in [0.4, 0.5) is 4.39 Å². The molecule has 0 bridgehead atoms. The number of benzene rings is 2. The van der Waals surface area contributed by atoms with E-state index in [2.05, 4.69) is 0 Å². The van der Waals surface area contributed by atoms with E-state index in [0.717, 1.165) is 23.1 Å². The van der Waals surface area contributed by atoms with Crippen molar-refractivity contribution in [2.45, 2.75) is 18.9 Å². The Bertz CT molecular complexity index is 687. The van der Waals surface area contributed by atoms with E-state index in [4.69, 9.17) is 5.73 Å². The van der Waals surface area contributed by atoms with Crippen LogP contribution in [0.3, 0.4) is 0 Å². The van der Waals surface area contributed by atoms with Crippen molar-refractivity contribution in [1.82, 2.24) is 4.90 Å². The predicted molar refractivity (Wildman–Crippen MR) is 90.1 cm³/mol. The minimum Gasteiger partial charge on any atom is -0.337 e. The van der Waals surface area contributed by atoms with E-state index >= 15 is 0 Å². The van der Waals surface area contributed by atoms with E-state index in [0.29, 0.717) is 18.7 Å². The van der Waals surface area contributed by atoms with Crippen LogP contribution in [0, 0.1) is 0 Å². The average molecular weight is 312 g/mol. The number of likely N-dealkylation sites (tertiary alicyclic amines) is 1. The number of carbonyl (C=O) groups excluding carboxylic acids is 1. The molecule has 1 aliphatic rings. The van der Waals surface area contributed by atoms with Gasteiger partial charge in [0.25, 0.3) is 5.91 Å². The summed E-state index contributed by atoms with van der Waals surface area (Å²) in [7, 11) is 0. The lowest BCUT2D eigenvalue weighted by Gasteiger charge is -2.18. The number of rotatable bonds is 4. The van der Waals surface area contributed by atoms with Crippen LogP contribution in [-0.2, 0) is 6.42 Å². The number of halogens is 1. The van der Waals surface area contributed by atoms with Crippen molar-refractivity contribution in [2.75, 3.05) is 19.8 Å². The number of hydrogen-bond acceptors (Lipinski definition) is 2. The smallest absolute Gasteiger partial charge is 0.254 e. The Morgan fingerprint density at radius 1 is 1.17 bits per heavy atom. The first-order chi connectivity index (χ1) is 11.2. The Balaban J connectivity index is 1.92. The Morgan fingerprint density at radius 2 is 1.96 bits per heavy atom.